The molecule has 0 atom stereocenters. The van der Waals surface area contributed by atoms with Crippen molar-refractivity contribution in [2.24, 2.45) is 5.92 Å². The molecule has 0 N–H and O–H groups in total. The lowest BCUT2D eigenvalue weighted by molar-refractivity contribution is 0.510. The smallest absolute Gasteiger partial charge is 0.105 e. The van der Waals surface area contributed by atoms with Crippen LogP contribution in [0.2, 0.25) is 0 Å². The van der Waals surface area contributed by atoms with Gasteiger partial charge in [0.2, 0.25) is 0 Å². The maximum absolute atomic E-state index is 5.71. The summed E-state index contributed by atoms with van der Waals surface area (Å²) in [5.74, 6) is 0.00298. The lowest BCUT2D eigenvalue weighted by Crippen LogP contribution is -2.16. The SMILES string of the molecule is CCCCCC.CCCCCC.CCCCCC(C(Cl)Cl)C(Cl)Cl. The highest BCUT2D eigenvalue weighted by atomic mass is 35.5. The topological polar surface area (TPSA) is 0 Å². The largest absolute Gasteiger partial charge is 0.113 e. The molecule has 0 aromatic heterocycles. The molecule has 0 saturated carbocycles. The molecule has 0 saturated heterocycles. The summed E-state index contributed by atoms with van der Waals surface area (Å²) in [6.45, 7) is 11.1. The maximum atomic E-state index is 5.71. The summed E-state index contributed by atoms with van der Waals surface area (Å²) < 4.78 is 0. The van der Waals surface area contributed by atoms with E-state index in [1.807, 2.05) is 0 Å². The van der Waals surface area contributed by atoms with Crippen LogP contribution < -0.4 is 0 Å². The lowest BCUT2D eigenvalue weighted by atomic mass is 10.1. The third kappa shape index (κ3) is 28.0. The second-order valence-corrected chi connectivity index (χ2v) is 8.57. The van der Waals surface area contributed by atoms with E-state index in [2.05, 4.69) is 34.6 Å². The van der Waals surface area contributed by atoms with Gasteiger partial charge in [0.15, 0.2) is 0 Å². The van der Waals surface area contributed by atoms with Crippen LogP contribution in [0.4, 0.5) is 0 Å². The van der Waals surface area contributed by atoms with Crippen LogP contribution in [0.5, 0.6) is 0 Å². The molecule has 0 aliphatic carbocycles. The van der Waals surface area contributed by atoms with Gasteiger partial charge in [0.05, 0.1) is 0 Å². The third-order valence-electron chi connectivity index (χ3n) is 3.70. The molecule has 0 aliphatic rings. The van der Waals surface area contributed by atoms with E-state index in [1.165, 1.54) is 64.2 Å². The van der Waals surface area contributed by atoms with Gasteiger partial charge >= 0.3 is 0 Å². The Kier molecular flexibility index (Phi) is 32.9. The molecule has 0 aliphatic heterocycles. The molecule has 0 aromatic carbocycles. The fraction of sp³-hybridized carbons (Fsp3) is 1.00. The van der Waals surface area contributed by atoms with Gasteiger partial charge in [-0.15, -0.1) is 46.4 Å². The molecule has 0 amide bonds. The first-order valence-electron chi connectivity index (χ1n) is 9.98. The average molecular weight is 424 g/mol. The Balaban J connectivity index is -0.000000309. The summed E-state index contributed by atoms with van der Waals surface area (Å²) in [6.07, 6.45) is 15.4. The van der Waals surface area contributed by atoms with Crippen LogP contribution in [0.15, 0.2) is 0 Å². The monoisotopic (exact) mass is 422 g/mol. The van der Waals surface area contributed by atoms with Gasteiger partial charge in [-0.1, -0.05) is 105 Å². The van der Waals surface area contributed by atoms with E-state index in [1.54, 1.807) is 0 Å². The van der Waals surface area contributed by atoms with Crippen molar-refractivity contribution >= 4 is 46.4 Å². The Morgan fingerprint density at radius 2 is 0.708 bits per heavy atom. The van der Waals surface area contributed by atoms with Gasteiger partial charge in [0.25, 0.3) is 0 Å². The Morgan fingerprint density at radius 3 is 0.917 bits per heavy atom. The van der Waals surface area contributed by atoms with Crippen molar-refractivity contribution in [2.45, 2.75) is 121 Å². The molecule has 24 heavy (non-hydrogen) atoms. The van der Waals surface area contributed by atoms with Crippen molar-refractivity contribution in [3.8, 4) is 0 Å². The molecule has 0 bridgehead atoms. The van der Waals surface area contributed by atoms with Crippen LogP contribution >= 0.6 is 46.4 Å². The molecule has 0 radical (unpaired) electrons. The summed E-state index contributed by atoms with van der Waals surface area (Å²) in [4.78, 5) is -0.913. The Bertz CT molecular complexity index is 172. The van der Waals surface area contributed by atoms with E-state index in [-0.39, 0.29) is 5.92 Å². The second kappa shape index (κ2) is 26.4. The van der Waals surface area contributed by atoms with Crippen LogP contribution in [0.1, 0.15) is 112 Å². The minimum atomic E-state index is -0.457. The molecular formula is C20H42Cl4. The zero-order valence-corrected chi connectivity index (χ0v) is 19.8. The predicted molar refractivity (Wildman–Crippen MR) is 118 cm³/mol. The summed E-state index contributed by atoms with van der Waals surface area (Å²) in [5, 5.41) is 0. The highest BCUT2D eigenvalue weighted by Gasteiger charge is 2.23. The standard InChI is InChI=1S/C8H14Cl4.2C6H14/c1-2-3-4-5-6(7(9)10)8(11)12;2*1-3-5-6-4-2/h6-8H,2-5H2,1H3;2*3-6H2,1-2H3. The fourth-order valence-corrected chi connectivity index (χ4v) is 3.38. The van der Waals surface area contributed by atoms with Crippen molar-refractivity contribution in [3.63, 3.8) is 0 Å². The van der Waals surface area contributed by atoms with E-state index in [9.17, 15) is 0 Å². The van der Waals surface area contributed by atoms with Gasteiger partial charge < -0.3 is 0 Å². The molecule has 0 unspecified atom stereocenters. The highest BCUT2D eigenvalue weighted by Crippen LogP contribution is 2.29. The van der Waals surface area contributed by atoms with Crippen molar-refractivity contribution in [3.05, 3.63) is 0 Å². The number of unbranched alkanes of at least 4 members (excludes halogenated alkanes) is 8. The molecule has 0 heterocycles. The van der Waals surface area contributed by atoms with Gasteiger partial charge in [-0.2, -0.15) is 0 Å². The van der Waals surface area contributed by atoms with Crippen molar-refractivity contribution in [2.75, 3.05) is 0 Å². The number of hydrogen-bond acceptors (Lipinski definition) is 0. The Hall–Kier alpha value is 1.16. The fourth-order valence-electron chi connectivity index (χ4n) is 1.99. The van der Waals surface area contributed by atoms with Gasteiger partial charge in [-0.25, -0.2) is 0 Å². The van der Waals surface area contributed by atoms with Gasteiger partial charge in [0, 0.05) is 5.92 Å². The Morgan fingerprint density at radius 1 is 0.458 bits per heavy atom. The van der Waals surface area contributed by atoms with Gasteiger partial charge in [-0.05, 0) is 6.42 Å². The van der Waals surface area contributed by atoms with E-state index in [4.69, 9.17) is 46.4 Å². The minimum Gasteiger partial charge on any atom is -0.105 e. The summed E-state index contributed by atoms with van der Waals surface area (Å²) in [6, 6.07) is 0. The normalized spacial score (nSPS) is 10.5. The van der Waals surface area contributed by atoms with Crippen LogP contribution in [0.3, 0.4) is 0 Å². The van der Waals surface area contributed by atoms with E-state index < -0.39 is 9.67 Å². The van der Waals surface area contributed by atoms with Crippen LogP contribution in [-0.2, 0) is 0 Å². The molecule has 0 fully saturated rings. The van der Waals surface area contributed by atoms with Crippen LogP contribution in [0.25, 0.3) is 0 Å². The maximum Gasteiger partial charge on any atom is 0.113 e. The first kappa shape index (κ1) is 29.9. The van der Waals surface area contributed by atoms with Crippen molar-refractivity contribution < 1.29 is 0 Å². The van der Waals surface area contributed by atoms with Crippen molar-refractivity contribution in [1.82, 2.24) is 0 Å². The van der Waals surface area contributed by atoms with Crippen LogP contribution in [0, 0.1) is 5.92 Å². The average Bonchev–Trinajstić information content (AvgIpc) is 2.55. The van der Waals surface area contributed by atoms with Crippen molar-refractivity contribution in [1.29, 1.82) is 0 Å². The number of hydrogen-bond donors (Lipinski definition) is 0. The zero-order valence-electron chi connectivity index (χ0n) is 16.7. The molecule has 0 rings (SSSR count). The molecule has 0 aromatic rings. The predicted octanol–water partition coefficient (Wildman–Crippen LogP) is 9.96. The van der Waals surface area contributed by atoms with Gasteiger partial charge in [0.1, 0.15) is 9.67 Å². The van der Waals surface area contributed by atoms with Crippen LogP contribution in [-0.4, -0.2) is 9.67 Å². The molecule has 0 nitrogen and oxygen atoms in total. The molecular weight excluding hydrogens is 382 g/mol. The summed E-state index contributed by atoms with van der Waals surface area (Å²) in [7, 11) is 0. The molecule has 0 spiro atoms. The number of rotatable bonds is 12. The van der Waals surface area contributed by atoms with E-state index in [0.717, 1.165) is 12.8 Å². The lowest BCUT2D eigenvalue weighted by Gasteiger charge is -2.18. The minimum absolute atomic E-state index is 0.00298. The summed E-state index contributed by atoms with van der Waals surface area (Å²) >= 11 is 22.9. The van der Waals surface area contributed by atoms with E-state index in [0.29, 0.717) is 0 Å². The first-order chi connectivity index (χ1) is 11.4. The second-order valence-electron chi connectivity index (χ2n) is 6.24. The highest BCUT2D eigenvalue weighted by molar-refractivity contribution is 6.48. The Labute approximate surface area is 173 Å². The number of alkyl halides is 4. The summed E-state index contributed by atoms with van der Waals surface area (Å²) in [5.41, 5.74) is 0. The molecule has 4 heteroatoms. The molecule has 150 valence electrons. The zero-order chi connectivity index (χ0) is 19.2. The van der Waals surface area contributed by atoms with E-state index >= 15 is 0 Å². The third-order valence-corrected chi connectivity index (χ3v) is 5.00. The number of halogens is 4. The first-order valence-corrected chi connectivity index (χ1v) is 11.7. The quantitative estimate of drug-likeness (QED) is 0.216. The van der Waals surface area contributed by atoms with Gasteiger partial charge in [-0.3, -0.25) is 0 Å².